The largest absolute Gasteiger partial charge is 0.462 e. The monoisotopic (exact) mass is 386 g/mol. The third-order valence-electron chi connectivity index (χ3n) is 8.85. The highest BCUT2D eigenvalue weighted by molar-refractivity contribution is 5.97. The van der Waals surface area contributed by atoms with E-state index in [9.17, 15) is 14.4 Å². The molecule has 4 heteroatoms. The topological polar surface area (TPSA) is 60.4 Å². The third-order valence-corrected chi connectivity index (χ3v) is 8.85. The van der Waals surface area contributed by atoms with Gasteiger partial charge in [0.05, 0.1) is 0 Å². The minimum atomic E-state index is -0.263. The average molecular weight is 387 g/mol. The van der Waals surface area contributed by atoms with Crippen LogP contribution in [0.1, 0.15) is 79.1 Å². The summed E-state index contributed by atoms with van der Waals surface area (Å²) in [6.07, 6.45) is 8.92. The van der Waals surface area contributed by atoms with Crippen LogP contribution >= 0.6 is 0 Å². The molecule has 0 aromatic rings. The Morgan fingerprint density at radius 1 is 1.21 bits per heavy atom. The standard InChI is InChI=1S/C24H34O4/c1-5-21(27)28-16-10-11-23(3)15(12-16)6-7-17-19-9-8-18(14(2)25)24(19,4)13-20(26)22(17)23/h8,15-17,19,22H,5-7,9-13H2,1-4H3/t15-,16+,17+,19+,22-,23+,24-/m1/s1. The molecule has 4 nitrogen and oxygen atoms in total. The van der Waals surface area contributed by atoms with E-state index in [-0.39, 0.29) is 34.6 Å². The summed E-state index contributed by atoms with van der Waals surface area (Å²) >= 11 is 0. The Kier molecular flexibility index (Phi) is 4.83. The summed E-state index contributed by atoms with van der Waals surface area (Å²) in [5.41, 5.74) is 0.642. The summed E-state index contributed by atoms with van der Waals surface area (Å²) in [6.45, 7) is 7.96. The van der Waals surface area contributed by atoms with Crippen molar-refractivity contribution in [2.24, 2.45) is 34.5 Å². The number of hydrogen-bond acceptors (Lipinski definition) is 4. The quantitative estimate of drug-likeness (QED) is 0.662. The van der Waals surface area contributed by atoms with Crippen LogP contribution in [-0.4, -0.2) is 23.6 Å². The summed E-state index contributed by atoms with van der Waals surface area (Å²) in [5, 5.41) is 0. The van der Waals surface area contributed by atoms with Crippen molar-refractivity contribution in [2.45, 2.75) is 85.2 Å². The first-order valence-corrected chi connectivity index (χ1v) is 11.1. The molecule has 28 heavy (non-hydrogen) atoms. The lowest BCUT2D eigenvalue weighted by molar-refractivity contribution is -0.167. The Morgan fingerprint density at radius 3 is 2.64 bits per heavy atom. The van der Waals surface area contributed by atoms with Crippen molar-refractivity contribution in [1.29, 1.82) is 0 Å². The van der Waals surface area contributed by atoms with Gasteiger partial charge in [0.2, 0.25) is 0 Å². The molecule has 0 N–H and O–H groups in total. The van der Waals surface area contributed by atoms with Gasteiger partial charge in [-0.25, -0.2) is 0 Å². The van der Waals surface area contributed by atoms with Crippen molar-refractivity contribution < 1.29 is 19.1 Å². The molecule has 0 aliphatic heterocycles. The van der Waals surface area contributed by atoms with E-state index in [1.165, 1.54) is 0 Å². The number of ether oxygens (including phenoxy) is 1. The van der Waals surface area contributed by atoms with Crippen LogP contribution in [0.25, 0.3) is 0 Å². The van der Waals surface area contributed by atoms with E-state index in [0.717, 1.165) is 44.1 Å². The first-order valence-electron chi connectivity index (χ1n) is 11.1. The normalized spacial score (nSPS) is 44.8. The number of hydrogen-bond donors (Lipinski definition) is 0. The molecule has 0 heterocycles. The van der Waals surface area contributed by atoms with E-state index in [1.54, 1.807) is 6.92 Å². The molecule has 0 saturated heterocycles. The fraction of sp³-hybridized carbons (Fsp3) is 0.792. The van der Waals surface area contributed by atoms with E-state index in [0.29, 0.717) is 36.4 Å². The van der Waals surface area contributed by atoms with Crippen molar-refractivity contribution in [3.63, 3.8) is 0 Å². The molecule has 3 saturated carbocycles. The molecule has 3 fully saturated rings. The van der Waals surface area contributed by atoms with Crippen LogP contribution in [0.5, 0.6) is 0 Å². The molecule has 4 aliphatic carbocycles. The summed E-state index contributed by atoms with van der Waals surface area (Å²) in [5.74, 6) is 1.75. The zero-order valence-electron chi connectivity index (χ0n) is 17.8. The van der Waals surface area contributed by atoms with E-state index >= 15 is 0 Å². The molecule has 0 radical (unpaired) electrons. The van der Waals surface area contributed by atoms with E-state index in [1.807, 2.05) is 6.92 Å². The van der Waals surface area contributed by atoms with Crippen LogP contribution in [0.3, 0.4) is 0 Å². The average Bonchev–Trinajstić information content (AvgIpc) is 2.98. The van der Waals surface area contributed by atoms with Gasteiger partial charge in [-0.15, -0.1) is 0 Å². The molecule has 0 bridgehead atoms. The van der Waals surface area contributed by atoms with Gasteiger partial charge >= 0.3 is 5.97 Å². The van der Waals surface area contributed by atoms with Gasteiger partial charge in [0.25, 0.3) is 0 Å². The molecule has 0 unspecified atom stereocenters. The Bertz CT molecular complexity index is 737. The smallest absolute Gasteiger partial charge is 0.305 e. The van der Waals surface area contributed by atoms with Crippen LogP contribution in [-0.2, 0) is 19.1 Å². The predicted molar refractivity (Wildman–Crippen MR) is 106 cm³/mol. The number of ketones is 2. The summed E-state index contributed by atoms with van der Waals surface area (Å²) in [6, 6.07) is 0. The van der Waals surface area contributed by atoms with Crippen LogP contribution in [0, 0.1) is 34.5 Å². The summed E-state index contributed by atoms with van der Waals surface area (Å²) in [7, 11) is 0. The highest BCUT2D eigenvalue weighted by Crippen LogP contribution is 2.65. The lowest BCUT2D eigenvalue weighted by Gasteiger charge is -2.59. The second-order valence-corrected chi connectivity index (χ2v) is 10.2. The molecule has 7 atom stereocenters. The predicted octanol–water partition coefficient (Wildman–Crippen LogP) is 4.66. The molecule has 0 aromatic carbocycles. The Morgan fingerprint density at radius 2 is 1.96 bits per heavy atom. The van der Waals surface area contributed by atoms with Gasteiger partial charge in [-0.05, 0) is 74.2 Å². The Labute approximate surface area is 168 Å². The lowest BCUT2D eigenvalue weighted by atomic mass is 9.44. The van der Waals surface area contributed by atoms with Gasteiger partial charge in [-0.1, -0.05) is 26.8 Å². The van der Waals surface area contributed by atoms with E-state index in [4.69, 9.17) is 4.74 Å². The second-order valence-electron chi connectivity index (χ2n) is 10.2. The van der Waals surface area contributed by atoms with Crippen LogP contribution in [0.4, 0.5) is 0 Å². The first kappa shape index (κ1) is 19.8. The minimum absolute atomic E-state index is 0.00935. The van der Waals surface area contributed by atoms with E-state index in [2.05, 4.69) is 19.9 Å². The molecular weight excluding hydrogens is 352 g/mol. The van der Waals surface area contributed by atoms with Gasteiger partial charge in [-0.2, -0.15) is 0 Å². The molecule has 4 aliphatic rings. The molecule has 0 aromatic heterocycles. The number of carbonyl (C=O) groups is 3. The maximum atomic E-state index is 13.5. The molecule has 0 amide bonds. The fourth-order valence-electron chi connectivity index (χ4n) is 7.53. The maximum absolute atomic E-state index is 13.5. The van der Waals surface area contributed by atoms with Crippen molar-refractivity contribution in [1.82, 2.24) is 0 Å². The van der Waals surface area contributed by atoms with Gasteiger partial charge in [-0.3, -0.25) is 14.4 Å². The van der Waals surface area contributed by atoms with Gasteiger partial charge < -0.3 is 4.74 Å². The fourth-order valence-corrected chi connectivity index (χ4v) is 7.53. The van der Waals surface area contributed by atoms with Gasteiger partial charge in [0.1, 0.15) is 11.9 Å². The van der Waals surface area contributed by atoms with Crippen molar-refractivity contribution in [2.75, 3.05) is 0 Å². The zero-order valence-corrected chi connectivity index (χ0v) is 17.8. The maximum Gasteiger partial charge on any atom is 0.305 e. The second kappa shape index (κ2) is 6.81. The summed E-state index contributed by atoms with van der Waals surface area (Å²) < 4.78 is 5.65. The van der Waals surface area contributed by atoms with Crippen LogP contribution in [0.15, 0.2) is 11.6 Å². The minimum Gasteiger partial charge on any atom is -0.462 e. The number of Topliss-reactive ketones (excluding diaryl/α,β-unsaturated/α-hetero) is 2. The van der Waals surface area contributed by atoms with Crippen LogP contribution < -0.4 is 0 Å². The molecular formula is C24H34O4. The van der Waals surface area contributed by atoms with Crippen LogP contribution in [0.2, 0.25) is 0 Å². The third kappa shape index (κ3) is 2.81. The first-order chi connectivity index (χ1) is 13.2. The van der Waals surface area contributed by atoms with Gasteiger partial charge in [0.15, 0.2) is 5.78 Å². The SMILES string of the molecule is CCC(=O)O[C@H]1CC[C@@]2(C)[C@H](CC[C@@H]3[C@@H]2C(=O)C[C@]2(C)C(C(C)=O)=CC[C@@H]32)C1. The highest BCUT2D eigenvalue weighted by Gasteiger charge is 2.62. The van der Waals surface area contributed by atoms with Crippen molar-refractivity contribution >= 4 is 17.5 Å². The highest BCUT2D eigenvalue weighted by atomic mass is 16.5. The Balaban J connectivity index is 1.57. The van der Waals surface area contributed by atoms with Crippen molar-refractivity contribution in [3.8, 4) is 0 Å². The lowest BCUT2D eigenvalue weighted by Crippen LogP contribution is -2.57. The molecule has 4 rings (SSSR count). The van der Waals surface area contributed by atoms with Gasteiger partial charge in [0, 0.05) is 24.2 Å². The molecule has 0 spiro atoms. The molecule has 154 valence electrons. The zero-order chi connectivity index (χ0) is 20.3. The summed E-state index contributed by atoms with van der Waals surface area (Å²) in [4.78, 5) is 37.4. The number of esters is 1. The van der Waals surface area contributed by atoms with E-state index < -0.39 is 0 Å². The number of allylic oxidation sites excluding steroid dienone is 2. The number of fused-ring (bicyclic) bond motifs is 5. The number of rotatable bonds is 3. The number of carbonyl (C=O) groups excluding carboxylic acids is 3. The van der Waals surface area contributed by atoms with Crippen molar-refractivity contribution in [3.05, 3.63) is 11.6 Å². The Hall–Kier alpha value is -1.45.